The number of hydrogen-bond donors (Lipinski definition) is 2. The van der Waals surface area contributed by atoms with Crippen LogP contribution in [0.25, 0.3) is 11.3 Å². The summed E-state index contributed by atoms with van der Waals surface area (Å²) in [5.74, 6) is -0.997. The molecule has 0 aliphatic carbocycles. The van der Waals surface area contributed by atoms with Crippen LogP contribution in [-0.2, 0) is 0 Å². The Kier molecular flexibility index (Phi) is 4.39. The Morgan fingerprint density at radius 3 is 2.32 bits per heavy atom. The fourth-order valence-electron chi connectivity index (χ4n) is 2.53. The largest absolute Gasteiger partial charge is 0.475 e. The molecule has 0 aliphatic rings. The zero-order valence-electron chi connectivity index (χ0n) is 13.9. The number of amides is 1. The van der Waals surface area contributed by atoms with Gasteiger partial charge in [-0.05, 0) is 49.7 Å². The molecule has 25 heavy (non-hydrogen) atoms. The third kappa shape index (κ3) is 3.45. The summed E-state index contributed by atoms with van der Waals surface area (Å²) in [6.07, 6.45) is 0. The van der Waals surface area contributed by atoms with Gasteiger partial charge < -0.3 is 14.8 Å². The Bertz CT molecular complexity index is 939. The maximum Gasteiger partial charge on any atom is 0.371 e. The van der Waals surface area contributed by atoms with Crippen molar-refractivity contribution in [1.82, 2.24) is 0 Å². The van der Waals surface area contributed by atoms with Gasteiger partial charge in [-0.3, -0.25) is 4.79 Å². The highest BCUT2D eigenvalue weighted by Gasteiger charge is 2.15. The highest BCUT2D eigenvalue weighted by molar-refractivity contribution is 6.05. The average molecular weight is 335 g/mol. The lowest BCUT2D eigenvalue weighted by Crippen LogP contribution is -2.12. The molecule has 5 heteroatoms. The predicted octanol–water partition coefficient (Wildman–Crippen LogP) is 4.51. The Morgan fingerprint density at radius 1 is 0.960 bits per heavy atom. The molecule has 126 valence electrons. The molecule has 0 spiro atoms. The van der Waals surface area contributed by atoms with Gasteiger partial charge in [-0.1, -0.05) is 29.8 Å². The molecule has 1 heterocycles. The lowest BCUT2D eigenvalue weighted by Gasteiger charge is -2.11. The molecule has 1 aromatic heterocycles. The standard InChI is InChI=1S/C20H17NO4/c1-12-6-8-14(9-7-12)19(22)21-16-5-3-4-15(13(16)2)17-10-11-18(25-17)20(23)24/h3-11H,1-2H3,(H,21,22)(H,23,24). The predicted molar refractivity (Wildman–Crippen MR) is 95.0 cm³/mol. The Labute approximate surface area is 144 Å². The molecule has 0 radical (unpaired) electrons. The molecule has 3 aromatic rings. The Hall–Kier alpha value is -3.34. The molecular formula is C20H17NO4. The number of carboxylic acid groups (broad SMARTS) is 1. The van der Waals surface area contributed by atoms with E-state index in [-0.39, 0.29) is 11.7 Å². The van der Waals surface area contributed by atoms with E-state index in [0.717, 1.165) is 16.7 Å². The maximum absolute atomic E-state index is 12.4. The van der Waals surface area contributed by atoms with Crippen LogP contribution in [0.4, 0.5) is 5.69 Å². The van der Waals surface area contributed by atoms with Crippen molar-refractivity contribution in [2.45, 2.75) is 13.8 Å². The van der Waals surface area contributed by atoms with Crippen molar-refractivity contribution in [2.75, 3.05) is 5.32 Å². The molecule has 0 fully saturated rings. The fraction of sp³-hybridized carbons (Fsp3) is 0.100. The first-order valence-electron chi connectivity index (χ1n) is 7.77. The van der Waals surface area contributed by atoms with Crippen LogP contribution >= 0.6 is 0 Å². The molecule has 0 aliphatic heterocycles. The van der Waals surface area contributed by atoms with Crippen LogP contribution in [0.3, 0.4) is 0 Å². The van der Waals surface area contributed by atoms with Gasteiger partial charge in [-0.15, -0.1) is 0 Å². The number of anilines is 1. The molecule has 0 atom stereocenters. The van der Waals surface area contributed by atoms with Crippen molar-refractivity contribution in [3.05, 3.63) is 77.0 Å². The van der Waals surface area contributed by atoms with Crippen LogP contribution in [0.15, 0.2) is 59.0 Å². The van der Waals surface area contributed by atoms with Crippen LogP contribution in [-0.4, -0.2) is 17.0 Å². The van der Waals surface area contributed by atoms with E-state index in [1.165, 1.54) is 6.07 Å². The maximum atomic E-state index is 12.4. The molecule has 3 rings (SSSR count). The van der Waals surface area contributed by atoms with Crippen molar-refractivity contribution < 1.29 is 19.1 Å². The van der Waals surface area contributed by atoms with Gasteiger partial charge in [0.1, 0.15) is 5.76 Å². The number of rotatable bonds is 4. The number of aryl methyl sites for hydroxylation is 1. The van der Waals surface area contributed by atoms with Crippen LogP contribution in [0.2, 0.25) is 0 Å². The minimum Gasteiger partial charge on any atom is -0.475 e. The van der Waals surface area contributed by atoms with E-state index >= 15 is 0 Å². The van der Waals surface area contributed by atoms with Crippen LogP contribution < -0.4 is 5.32 Å². The molecule has 2 aromatic carbocycles. The van der Waals surface area contributed by atoms with Crippen LogP contribution in [0, 0.1) is 13.8 Å². The molecule has 0 bridgehead atoms. The van der Waals surface area contributed by atoms with E-state index in [1.807, 2.05) is 32.0 Å². The molecular weight excluding hydrogens is 318 g/mol. The van der Waals surface area contributed by atoms with E-state index in [1.54, 1.807) is 30.3 Å². The van der Waals surface area contributed by atoms with E-state index in [0.29, 0.717) is 17.0 Å². The van der Waals surface area contributed by atoms with E-state index < -0.39 is 5.97 Å². The summed E-state index contributed by atoms with van der Waals surface area (Å²) in [6.45, 7) is 3.81. The molecule has 0 saturated heterocycles. The summed E-state index contributed by atoms with van der Waals surface area (Å²) in [6, 6.07) is 15.7. The van der Waals surface area contributed by atoms with Gasteiger partial charge in [0.2, 0.25) is 5.76 Å². The van der Waals surface area contributed by atoms with Crippen molar-refractivity contribution in [3.8, 4) is 11.3 Å². The van der Waals surface area contributed by atoms with Crippen LogP contribution in [0.1, 0.15) is 32.0 Å². The van der Waals surface area contributed by atoms with Gasteiger partial charge in [-0.2, -0.15) is 0 Å². The van der Waals surface area contributed by atoms with Crippen molar-refractivity contribution >= 4 is 17.6 Å². The first-order valence-corrected chi connectivity index (χ1v) is 7.77. The number of furan rings is 1. The molecule has 0 saturated carbocycles. The molecule has 5 nitrogen and oxygen atoms in total. The van der Waals surface area contributed by atoms with Crippen molar-refractivity contribution in [1.29, 1.82) is 0 Å². The smallest absolute Gasteiger partial charge is 0.371 e. The second-order valence-corrected chi connectivity index (χ2v) is 5.77. The number of carboxylic acids is 1. The van der Waals surface area contributed by atoms with Crippen molar-refractivity contribution in [2.24, 2.45) is 0 Å². The Balaban J connectivity index is 1.89. The van der Waals surface area contributed by atoms with Gasteiger partial charge in [0, 0.05) is 16.8 Å². The van der Waals surface area contributed by atoms with E-state index in [4.69, 9.17) is 9.52 Å². The summed E-state index contributed by atoms with van der Waals surface area (Å²) < 4.78 is 5.36. The summed E-state index contributed by atoms with van der Waals surface area (Å²) >= 11 is 0. The second-order valence-electron chi connectivity index (χ2n) is 5.77. The quantitative estimate of drug-likeness (QED) is 0.735. The topological polar surface area (TPSA) is 79.5 Å². The van der Waals surface area contributed by atoms with E-state index in [2.05, 4.69) is 5.32 Å². The van der Waals surface area contributed by atoms with Gasteiger partial charge in [0.15, 0.2) is 0 Å². The highest BCUT2D eigenvalue weighted by Crippen LogP contribution is 2.30. The highest BCUT2D eigenvalue weighted by atomic mass is 16.4. The number of nitrogens with one attached hydrogen (secondary N) is 1. The number of aromatic carboxylic acids is 1. The monoisotopic (exact) mass is 335 g/mol. The summed E-state index contributed by atoms with van der Waals surface area (Å²) in [5.41, 5.74) is 3.84. The third-order valence-electron chi connectivity index (χ3n) is 3.98. The SMILES string of the molecule is Cc1ccc(C(=O)Nc2cccc(-c3ccc(C(=O)O)o3)c2C)cc1. The minimum atomic E-state index is -1.12. The zero-order chi connectivity index (χ0) is 18.0. The van der Waals surface area contributed by atoms with Gasteiger partial charge in [0.25, 0.3) is 5.91 Å². The third-order valence-corrected chi connectivity index (χ3v) is 3.98. The first-order chi connectivity index (χ1) is 12.0. The average Bonchev–Trinajstić information content (AvgIpc) is 3.07. The lowest BCUT2D eigenvalue weighted by atomic mass is 10.0. The number of benzene rings is 2. The Morgan fingerprint density at radius 2 is 1.68 bits per heavy atom. The number of hydrogen-bond acceptors (Lipinski definition) is 3. The zero-order valence-corrected chi connectivity index (χ0v) is 13.9. The van der Waals surface area contributed by atoms with Crippen LogP contribution in [0.5, 0.6) is 0 Å². The molecule has 1 amide bonds. The van der Waals surface area contributed by atoms with Gasteiger partial charge >= 0.3 is 5.97 Å². The van der Waals surface area contributed by atoms with Gasteiger partial charge in [-0.25, -0.2) is 4.79 Å². The minimum absolute atomic E-state index is 0.122. The second kappa shape index (κ2) is 6.65. The summed E-state index contributed by atoms with van der Waals surface area (Å²) in [7, 11) is 0. The molecule has 0 unspecified atom stereocenters. The van der Waals surface area contributed by atoms with E-state index in [9.17, 15) is 9.59 Å². The summed E-state index contributed by atoms with van der Waals surface area (Å²) in [5, 5.41) is 11.9. The fourth-order valence-corrected chi connectivity index (χ4v) is 2.53. The van der Waals surface area contributed by atoms with Crippen molar-refractivity contribution in [3.63, 3.8) is 0 Å². The number of carbonyl (C=O) groups is 2. The summed E-state index contributed by atoms with van der Waals surface area (Å²) in [4.78, 5) is 23.4. The van der Waals surface area contributed by atoms with Gasteiger partial charge in [0.05, 0.1) is 0 Å². The first kappa shape index (κ1) is 16.5. The normalized spacial score (nSPS) is 10.5. The lowest BCUT2D eigenvalue weighted by molar-refractivity contribution is 0.0663. The number of carbonyl (C=O) groups excluding carboxylic acids is 1. The molecule has 2 N–H and O–H groups in total.